The Morgan fingerprint density at radius 2 is 0.880 bits per heavy atom. The lowest BCUT2D eigenvalue weighted by Gasteiger charge is -2.33. The van der Waals surface area contributed by atoms with Gasteiger partial charge in [-0.25, -0.2) is 0 Å². The lowest BCUT2D eigenvalue weighted by Crippen LogP contribution is -2.46. The highest BCUT2D eigenvalue weighted by Crippen LogP contribution is 2.20. The van der Waals surface area contributed by atoms with Crippen molar-refractivity contribution < 1.29 is 19.2 Å². The number of nitrogens with zero attached hydrogens (tertiary/aromatic N) is 1. The molecular weight excluding hydrogens is 615 g/mol. The second-order valence-electron chi connectivity index (χ2n) is 16.2. The molecule has 0 aromatic rings. The van der Waals surface area contributed by atoms with E-state index in [0.29, 0.717) is 25.0 Å². The number of Topliss-reactive ketones (excluding diaryl/α,β-unsaturated/α-hetero) is 2. The number of unbranched alkanes of at least 4 members (excludes halogenated alkanes) is 24. The van der Waals surface area contributed by atoms with Crippen molar-refractivity contribution >= 4 is 11.6 Å². The lowest BCUT2D eigenvalue weighted by molar-refractivity contribution is -0.892. The minimum absolute atomic E-state index is 0.157. The van der Waals surface area contributed by atoms with E-state index in [2.05, 4.69) is 52.2 Å². The van der Waals surface area contributed by atoms with Crippen LogP contribution in [-0.2, 0) is 9.59 Å². The summed E-state index contributed by atoms with van der Waals surface area (Å²) in [5.41, 5.74) is 0. The summed E-state index contributed by atoms with van der Waals surface area (Å²) in [7, 11) is 4.41. The normalized spacial score (nSPS) is 12.8. The molecule has 294 valence electrons. The first-order valence-corrected chi connectivity index (χ1v) is 22.1. The summed E-state index contributed by atoms with van der Waals surface area (Å²) >= 11 is 0. The molecule has 0 saturated carbocycles. The van der Waals surface area contributed by atoms with Crippen LogP contribution >= 0.6 is 0 Å². The van der Waals surface area contributed by atoms with Gasteiger partial charge in [0, 0.05) is 25.9 Å². The van der Waals surface area contributed by atoms with E-state index >= 15 is 0 Å². The van der Waals surface area contributed by atoms with Crippen molar-refractivity contribution in [3.8, 4) is 0 Å². The van der Waals surface area contributed by atoms with Crippen LogP contribution in [0, 0.1) is 5.92 Å². The average molecular weight is 703 g/mol. The van der Waals surface area contributed by atoms with Crippen LogP contribution < -0.4 is 0 Å². The van der Waals surface area contributed by atoms with Gasteiger partial charge in [-0.2, -0.15) is 0 Å². The van der Waals surface area contributed by atoms with Gasteiger partial charge in [0.05, 0.1) is 33.1 Å². The van der Waals surface area contributed by atoms with Gasteiger partial charge < -0.3 is 9.59 Å². The van der Waals surface area contributed by atoms with Gasteiger partial charge >= 0.3 is 0 Å². The molecule has 1 N–H and O–H groups in total. The highest BCUT2D eigenvalue weighted by Gasteiger charge is 2.29. The van der Waals surface area contributed by atoms with Crippen LogP contribution in [0.15, 0.2) is 24.3 Å². The maximum absolute atomic E-state index is 13.5. The molecule has 1 unspecified atom stereocenters. The summed E-state index contributed by atoms with van der Waals surface area (Å²) in [6, 6.07) is 0. The molecule has 0 spiro atoms. The zero-order chi connectivity index (χ0) is 36.8. The Kier molecular flexibility index (Phi) is 36.6. The molecule has 0 aliphatic rings. The third-order valence-electron chi connectivity index (χ3n) is 10.5. The summed E-state index contributed by atoms with van der Waals surface area (Å²) in [6.45, 7) is 6.53. The Bertz CT molecular complexity index is 801. The van der Waals surface area contributed by atoms with Crippen molar-refractivity contribution in [1.82, 2.24) is 0 Å². The summed E-state index contributed by atoms with van der Waals surface area (Å²) in [5, 5.41) is 9.16. The molecule has 0 saturated heterocycles. The SMILES string of the molecule is CCCCCCCC/C=C\CCCCCCCC(=O)CC(C[N+](C)(C)CCCCCO)C(=O)CCCCCCC/C=C\CCCCCCCC. The summed E-state index contributed by atoms with van der Waals surface area (Å²) in [4.78, 5) is 26.6. The van der Waals surface area contributed by atoms with Crippen LogP contribution in [0.25, 0.3) is 0 Å². The van der Waals surface area contributed by atoms with Crippen LogP contribution in [0.1, 0.15) is 219 Å². The monoisotopic (exact) mass is 703 g/mol. The highest BCUT2D eigenvalue weighted by molar-refractivity contribution is 5.88. The zero-order valence-electron chi connectivity index (χ0n) is 34.3. The van der Waals surface area contributed by atoms with Gasteiger partial charge in [-0.3, -0.25) is 9.59 Å². The lowest BCUT2D eigenvalue weighted by atomic mass is 9.91. The molecule has 1 atom stereocenters. The van der Waals surface area contributed by atoms with Crippen LogP contribution in [0.5, 0.6) is 0 Å². The predicted octanol–water partition coefficient (Wildman–Crippen LogP) is 13.4. The van der Waals surface area contributed by atoms with Crippen LogP contribution in [0.2, 0.25) is 0 Å². The molecule has 0 bridgehead atoms. The molecule has 0 aromatic heterocycles. The minimum Gasteiger partial charge on any atom is -0.396 e. The maximum Gasteiger partial charge on any atom is 0.142 e. The summed E-state index contributed by atoms with van der Waals surface area (Å²) < 4.78 is 0.773. The van der Waals surface area contributed by atoms with Crippen LogP contribution in [-0.4, -0.2) is 54.9 Å². The van der Waals surface area contributed by atoms with Gasteiger partial charge in [-0.05, 0) is 83.5 Å². The topological polar surface area (TPSA) is 54.4 Å². The number of hydrogen-bond acceptors (Lipinski definition) is 3. The van der Waals surface area contributed by atoms with Crippen molar-refractivity contribution in [1.29, 1.82) is 0 Å². The third kappa shape index (κ3) is 35.2. The van der Waals surface area contributed by atoms with Crippen LogP contribution in [0.3, 0.4) is 0 Å². The van der Waals surface area contributed by atoms with Crippen molar-refractivity contribution in [2.75, 3.05) is 33.8 Å². The van der Waals surface area contributed by atoms with E-state index < -0.39 is 0 Å². The molecule has 0 radical (unpaired) electrons. The van der Waals surface area contributed by atoms with Gasteiger partial charge in [0.1, 0.15) is 11.6 Å². The van der Waals surface area contributed by atoms with Crippen LogP contribution in [0.4, 0.5) is 0 Å². The van der Waals surface area contributed by atoms with E-state index in [1.54, 1.807) is 0 Å². The number of quaternary nitrogens is 1. The van der Waals surface area contributed by atoms with Gasteiger partial charge in [0.15, 0.2) is 0 Å². The van der Waals surface area contributed by atoms with E-state index in [4.69, 9.17) is 5.11 Å². The number of allylic oxidation sites excluding steroid dienone is 4. The van der Waals surface area contributed by atoms with E-state index in [0.717, 1.165) is 62.5 Å². The molecule has 0 aromatic carbocycles. The quantitative estimate of drug-likeness (QED) is 0.0393. The molecule has 0 aliphatic carbocycles. The Morgan fingerprint density at radius 3 is 1.32 bits per heavy atom. The third-order valence-corrected chi connectivity index (χ3v) is 10.5. The second-order valence-corrected chi connectivity index (χ2v) is 16.2. The van der Waals surface area contributed by atoms with E-state index in [1.165, 1.54) is 141 Å². The zero-order valence-corrected chi connectivity index (χ0v) is 34.3. The van der Waals surface area contributed by atoms with E-state index in [9.17, 15) is 9.59 Å². The van der Waals surface area contributed by atoms with Crippen molar-refractivity contribution in [2.45, 2.75) is 219 Å². The highest BCUT2D eigenvalue weighted by atomic mass is 16.3. The van der Waals surface area contributed by atoms with Crippen molar-refractivity contribution in [2.24, 2.45) is 5.92 Å². The molecule has 0 aliphatic heterocycles. The van der Waals surface area contributed by atoms with Gasteiger partial charge in [0.2, 0.25) is 0 Å². The Hall–Kier alpha value is -1.26. The molecular formula is C46H88NO3+. The molecule has 50 heavy (non-hydrogen) atoms. The van der Waals surface area contributed by atoms with Gasteiger partial charge in [-0.15, -0.1) is 0 Å². The standard InChI is InChI=1S/C46H88NO3/c1-5-7-9-11-13-15-17-19-21-23-25-27-29-31-34-38-45(49)42-44(43-47(3,4)40-36-33-37-41-48)46(50)39-35-32-30-28-26-24-22-20-18-16-14-12-10-8-6-2/h19-22,44,48H,5-18,23-43H2,1-4H3/q+1/b21-19-,22-20-. The largest absolute Gasteiger partial charge is 0.396 e. The first-order valence-electron chi connectivity index (χ1n) is 22.1. The number of hydrogen-bond donors (Lipinski definition) is 1. The Balaban J connectivity index is 4.33. The molecule has 0 amide bonds. The fourth-order valence-corrected chi connectivity index (χ4v) is 7.14. The van der Waals surface area contributed by atoms with E-state index in [-0.39, 0.29) is 18.3 Å². The predicted molar refractivity (Wildman–Crippen MR) is 220 cm³/mol. The number of rotatable bonds is 40. The van der Waals surface area contributed by atoms with Crippen molar-refractivity contribution in [3.63, 3.8) is 0 Å². The van der Waals surface area contributed by atoms with Crippen molar-refractivity contribution in [3.05, 3.63) is 24.3 Å². The molecule has 4 nitrogen and oxygen atoms in total. The summed E-state index contributed by atoms with van der Waals surface area (Å²) in [5.74, 6) is 0.433. The number of aliphatic hydroxyl groups excluding tert-OH is 1. The number of aliphatic hydroxyl groups is 1. The number of carbonyl (C=O) groups is 2. The maximum atomic E-state index is 13.5. The number of ketones is 2. The first kappa shape index (κ1) is 48.7. The molecule has 0 heterocycles. The Labute approximate surface area is 313 Å². The van der Waals surface area contributed by atoms with Gasteiger partial charge in [0.25, 0.3) is 0 Å². The fourth-order valence-electron chi connectivity index (χ4n) is 7.14. The summed E-state index contributed by atoms with van der Waals surface area (Å²) in [6.07, 6.45) is 46.8. The fraction of sp³-hybridized carbons (Fsp3) is 0.870. The Morgan fingerprint density at radius 1 is 0.500 bits per heavy atom. The average Bonchev–Trinajstić information content (AvgIpc) is 3.09. The van der Waals surface area contributed by atoms with Gasteiger partial charge in [-0.1, -0.05) is 141 Å². The molecule has 0 fully saturated rings. The number of carbonyl (C=O) groups excluding carboxylic acids is 2. The smallest absolute Gasteiger partial charge is 0.142 e. The second kappa shape index (κ2) is 37.5. The first-order chi connectivity index (χ1) is 24.4. The minimum atomic E-state index is -0.157. The molecule has 4 heteroatoms. The molecule has 0 rings (SSSR count). The van der Waals surface area contributed by atoms with E-state index in [1.807, 2.05) is 0 Å².